The molecule has 1 aromatic carbocycles. The lowest BCUT2D eigenvalue weighted by Crippen LogP contribution is -2.14. The summed E-state index contributed by atoms with van der Waals surface area (Å²) >= 11 is 0. The van der Waals surface area contributed by atoms with E-state index in [0.29, 0.717) is 17.3 Å². The van der Waals surface area contributed by atoms with Crippen LogP contribution in [-0.4, -0.2) is 15.1 Å². The van der Waals surface area contributed by atoms with Crippen molar-refractivity contribution < 1.29 is 9.84 Å². The molecule has 0 spiro atoms. The van der Waals surface area contributed by atoms with Crippen molar-refractivity contribution in [2.24, 2.45) is 0 Å². The molecule has 0 radical (unpaired) electrons. The quantitative estimate of drug-likeness (QED) is 0.905. The molecule has 0 saturated heterocycles. The van der Waals surface area contributed by atoms with Gasteiger partial charge < -0.3 is 9.84 Å². The van der Waals surface area contributed by atoms with E-state index in [1.807, 2.05) is 12.1 Å². The minimum absolute atomic E-state index is 0.145. The summed E-state index contributed by atoms with van der Waals surface area (Å²) in [6, 6.07) is 8.00. The van der Waals surface area contributed by atoms with E-state index < -0.39 is 0 Å². The van der Waals surface area contributed by atoms with Gasteiger partial charge in [0.2, 0.25) is 5.88 Å². The van der Waals surface area contributed by atoms with Crippen LogP contribution in [0.25, 0.3) is 0 Å². The van der Waals surface area contributed by atoms with E-state index in [-0.39, 0.29) is 12.0 Å². The predicted octanol–water partition coefficient (Wildman–Crippen LogP) is 3.45. The van der Waals surface area contributed by atoms with Gasteiger partial charge in [0.05, 0.1) is 24.7 Å². The highest BCUT2D eigenvalue weighted by Crippen LogP contribution is 2.29. The molecule has 0 amide bonds. The van der Waals surface area contributed by atoms with Crippen LogP contribution in [0.15, 0.2) is 36.7 Å². The van der Waals surface area contributed by atoms with Crippen LogP contribution in [0.2, 0.25) is 0 Å². The molecule has 0 aliphatic carbocycles. The molecule has 4 nitrogen and oxygen atoms in total. The Hall–Kier alpha value is -1.94. The van der Waals surface area contributed by atoms with Crippen molar-refractivity contribution >= 4 is 0 Å². The molecule has 0 unspecified atom stereocenters. The van der Waals surface area contributed by atoms with Crippen molar-refractivity contribution in [3.05, 3.63) is 47.9 Å². The van der Waals surface area contributed by atoms with Gasteiger partial charge in [-0.15, -0.1) is 0 Å². The summed E-state index contributed by atoms with van der Waals surface area (Å²) in [5.74, 6) is 1.10. The van der Waals surface area contributed by atoms with Gasteiger partial charge in [-0.2, -0.15) is 0 Å². The average Bonchev–Trinajstić information content (AvgIpc) is 2.48. The molecule has 0 saturated carbocycles. The SMILES string of the molecule is CCC(C)(C)c1ccc(Oc2cncc(CO)n2)cc1. The standard InChI is InChI=1S/C16H20N2O2/c1-4-16(2,3)12-5-7-14(8-6-12)20-15-10-17-9-13(11-19)18-15/h5-10,19H,4,11H2,1-3H3. The van der Waals surface area contributed by atoms with E-state index in [1.54, 1.807) is 0 Å². The van der Waals surface area contributed by atoms with Crippen molar-refractivity contribution in [3.8, 4) is 11.6 Å². The summed E-state index contributed by atoms with van der Waals surface area (Å²) in [6.45, 7) is 6.48. The third kappa shape index (κ3) is 3.33. The molecule has 0 aliphatic heterocycles. The molecule has 0 bridgehead atoms. The van der Waals surface area contributed by atoms with Crippen molar-refractivity contribution in [2.45, 2.75) is 39.2 Å². The number of aliphatic hydroxyl groups is 1. The molecule has 2 rings (SSSR count). The van der Waals surface area contributed by atoms with Gasteiger partial charge in [0.1, 0.15) is 5.75 Å². The van der Waals surface area contributed by atoms with Crippen LogP contribution in [0.5, 0.6) is 11.6 Å². The number of hydrogen-bond donors (Lipinski definition) is 1. The molecule has 20 heavy (non-hydrogen) atoms. The zero-order valence-electron chi connectivity index (χ0n) is 12.1. The lowest BCUT2D eigenvalue weighted by molar-refractivity contribution is 0.274. The van der Waals surface area contributed by atoms with E-state index in [0.717, 1.165) is 6.42 Å². The molecule has 106 valence electrons. The number of aromatic nitrogens is 2. The Labute approximate surface area is 119 Å². The fraction of sp³-hybridized carbons (Fsp3) is 0.375. The lowest BCUT2D eigenvalue weighted by atomic mass is 9.82. The van der Waals surface area contributed by atoms with Crippen LogP contribution in [0.3, 0.4) is 0 Å². The third-order valence-electron chi connectivity index (χ3n) is 3.57. The molecule has 1 N–H and O–H groups in total. The van der Waals surface area contributed by atoms with Crippen LogP contribution in [0, 0.1) is 0 Å². The molecule has 0 atom stereocenters. The second-order valence-corrected chi connectivity index (χ2v) is 5.37. The summed E-state index contributed by atoms with van der Waals surface area (Å²) in [5, 5.41) is 9.02. The lowest BCUT2D eigenvalue weighted by Gasteiger charge is -2.23. The van der Waals surface area contributed by atoms with Crippen molar-refractivity contribution in [1.82, 2.24) is 9.97 Å². The molecular formula is C16H20N2O2. The number of ether oxygens (including phenoxy) is 1. The number of hydrogen-bond acceptors (Lipinski definition) is 4. The molecule has 1 aromatic heterocycles. The van der Waals surface area contributed by atoms with Crippen molar-refractivity contribution in [3.63, 3.8) is 0 Å². The second-order valence-electron chi connectivity index (χ2n) is 5.37. The Morgan fingerprint density at radius 3 is 2.45 bits per heavy atom. The first-order chi connectivity index (χ1) is 9.55. The zero-order chi connectivity index (χ0) is 14.6. The molecular weight excluding hydrogens is 252 g/mol. The highest BCUT2D eigenvalue weighted by Gasteiger charge is 2.17. The van der Waals surface area contributed by atoms with Gasteiger partial charge in [0.25, 0.3) is 0 Å². The molecule has 4 heteroatoms. The smallest absolute Gasteiger partial charge is 0.238 e. The fourth-order valence-electron chi connectivity index (χ4n) is 1.81. The van der Waals surface area contributed by atoms with Crippen LogP contribution in [0.1, 0.15) is 38.4 Å². The van der Waals surface area contributed by atoms with Crippen molar-refractivity contribution in [1.29, 1.82) is 0 Å². The van der Waals surface area contributed by atoms with Gasteiger partial charge in [-0.1, -0.05) is 32.9 Å². The number of benzene rings is 1. The van der Waals surface area contributed by atoms with Crippen LogP contribution in [0.4, 0.5) is 0 Å². The monoisotopic (exact) mass is 272 g/mol. The largest absolute Gasteiger partial charge is 0.437 e. The summed E-state index contributed by atoms with van der Waals surface area (Å²) in [6.07, 6.45) is 4.13. The topological polar surface area (TPSA) is 55.2 Å². The van der Waals surface area contributed by atoms with E-state index in [4.69, 9.17) is 9.84 Å². The normalized spacial score (nSPS) is 11.4. The maximum Gasteiger partial charge on any atom is 0.238 e. The number of nitrogens with zero attached hydrogens (tertiary/aromatic N) is 2. The maximum atomic E-state index is 9.02. The highest BCUT2D eigenvalue weighted by atomic mass is 16.5. The summed E-state index contributed by atoms with van der Waals surface area (Å²) in [4.78, 5) is 8.11. The van der Waals surface area contributed by atoms with Gasteiger partial charge in [-0.3, -0.25) is 4.98 Å². The van der Waals surface area contributed by atoms with E-state index >= 15 is 0 Å². The Kier molecular flexibility index (Phi) is 4.35. The van der Waals surface area contributed by atoms with Gasteiger partial charge in [0, 0.05) is 0 Å². The highest BCUT2D eigenvalue weighted by molar-refractivity contribution is 5.33. The van der Waals surface area contributed by atoms with Gasteiger partial charge in [-0.25, -0.2) is 4.98 Å². The van der Waals surface area contributed by atoms with Crippen LogP contribution in [-0.2, 0) is 12.0 Å². The van der Waals surface area contributed by atoms with Crippen LogP contribution < -0.4 is 4.74 Å². The first kappa shape index (κ1) is 14.5. The van der Waals surface area contributed by atoms with Crippen molar-refractivity contribution in [2.75, 3.05) is 0 Å². The minimum Gasteiger partial charge on any atom is -0.437 e. The Balaban J connectivity index is 2.14. The van der Waals surface area contributed by atoms with Gasteiger partial charge in [0.15, 0.2) is 0 Å². The Morgan fingerprint density at radius 2 is 1.85 bits per heavy atom. The van der Waals surface area contributed by atoms with Gasteiger partial charge in [-0.05, 0) is 29.5 Å². The van der Waals surface area contributed by atoms with E-state index in [9.17, 15) is 0 Å². The maximum absolute atomic E-state index is 9.02. The number of aliphatic hydroxyl groups excluding tert-OH is 1. The average molecular weight is 272 g/mol. The van der Waals surface area contributed by atoms with E-state index in [1.165, 1.54) is 18.0 Å². The minimum atomic E-state index is -0.145. The predicted molar refractivity (Wildman–Crippen MR) is 77.8 cm³/mol. The Bertz CT molecular complexity index is 565. The third-order valence-corrected chi connectivity index (χ3v) is 3.57. The van der Waals surface area contributed by atoms with Gasteiger partial charge >= 0.3 is 0 Å². The summed E-state index contributed by atoms with van der Waals surface area (Å²) in [5.41, 5.74) is 1.93. The molecule has 0 aliphatic rings. The summed E-state index contributed by atoms with van der Waals surface area (Å²) < 4.78 is 5.64. The molecule has 2 aromatic rings. The molecule has 0 fully saturated rings. The Morgan fingerprint density at radius 1 is 1.15 bits per heavy atom. The first-order valence-electron chi connectivity index (χ1n) is 6.75. The fourth-order valence-corrected chi connectivity index (χ4v) is 1.81. The first-order valence-corrected chi connectivity index (χ1v) is 6.75. The van der Waals surface area contributed by atoms with Crippen LogP contribution >= 0.6 is 0 Å². The second kappa shape index (κ2) is 6.01. The van der Waals surface area contributed by atoms with E-state index in [2.05, 4.69) is 42.9 Å². The summed E-state index contributed by atoms with van der Waals surface area (Å²) in [7, 11) is 0. The zero-order valence-corrected chi connectivity index (χ0v) is 12.1. The molecule has 1 heterocycles. The number of rotatable bonds is 5.